The molecule has 2 heterocycles. The highest BCUT2D eigenvalue weighted by Crippen LogP contribution is 2.29. The van der Waals surface area contributed by atoms with Gasteiger partial charge in [0.25, 0.3) is 5.91 Å². The van der Waals surface area contributed by atoms with Gasteiger partial charge in [-0.1, -0.05) is 26.0 Å². The minimum absolute atomic E-state index is 0.0585. The van der Waals surface area contributed by atoms with E-state index >= 15 is 0 Å². The number of carbonyl (C=O) groups is 1. The Morgan fingerprint density at radius 2 is 2.09 bits per heavy atom. The molecule has 1 aromatic carbocycles. The van der Waals surface area contributed by atoms with Crippen molar-refractivity contribution in [2.75, 3.05) is 40.5 Å². The zero-order chi connectivity index (χ0) is 22.7. The second-order valence-corrected chi connectivity index (χ2v) is 9.42. The van der Waals surface area contributed by atoms with Crippen molar-refractivity contribution >= 4 is 5.91 Å². The largest absolute Gasteiger partial charge is 0.497 e. The van der Waals surface area contributed by atoms with Crippen molar-refractivity contribution in [2.45, 2.75) is 52.2 Å². The van der Waals surface area contributed by atoms with Crippen LogP contribution >= 0.6 is 0 Å². The minimum Gasteiger partial charge on any atom is -0.497 e. The van der Waals surface area contributed by atoms with E-state index in [1.807, 2.05) is 17.0 Å². The van der Waals surface area contributed by atoms with E-state index in [9.17, 15) is 4.79 Å². The molecule has 1 aliphatic heterocycles. The summed E-state index contributed by atoms with van der Waals surface area (Å²) in [5.41, 5.74) is 4.29. The Hall–Kier alpha value is -2.38. The first-order chi connectivity index (χ1) is 15.5. The molecule has 7 heteroatoms. The fourth-order valence-corrected chi connectivity index (χ4v) is 4.82. The van der Waals surface area contributed by atoms with Gasteiger partial charge < -0.3 is 14.4 Å². The Morgan fingerprint density at radius 3 is 2.81 bits per heavy atom. The Bertz CT molecular complexity index is 933. The summed E-state index contributed by atoms with van der Waals surface area (Å²) >= 11 is 0. The van der Waals surface area contributed by atoms with Crippen LogP contribution in [0.25, 0.3) is 0 Å². The van der Waals surface area contributed by atoms with Crippen LogP contribution in [-0.4, -0.2) is 72.0 Å². The number of amides is 1. The van der Waals surface area contributed by atoms with Crippen molar-refractivity contribution in [3.8, 4) is 5.75 Å². The van der Waals surface area contributed by atoms with Crippen LogP contribution in [0, 0.1) is 5.92 Å². The summed E-state index contributed by atoms with van der Waals surface area (Å²) in [6, 6.07) is 8.63. The lowest BCUT2D eigenvalue weighted by Gasteiger charge is -2.32. The van der Waals surface area contributed by atoms with Gasteiger partial charge in [-0.3, -0.25) is 14.4 Å². The Kier molecular flexibility index (Phi) is 7.16. The molecule has 1 aliphatic carbocycles. The molecule has 0 bridgehead atoms. The van der Waals surface area contributed by atoms with E-state index in [1.54, 1.807) is 7.11 Å². The molecular weight excluding hydrogens is 404 g/mol. The first kappa shape index (κ1) is 22.8. The maximum atomic E-state index is 13.4. The van der Waals surface area contributed by atoms with Crippen LogP contribution < -0.4 is 4.74 Å². The summed E-state index contributed by atoms with van der Waals surface area (Å²) in [6.07, 6.45) is 2.89. The molecule has 4 rings (SSSR count). The smallest absolute Gasteiger partial charge is 0.274 e. The van der Waals surface area contributed by atoms with Gasteiger partial charge in [0.2, 0.25) is 0 Å². The lowest BCUT2D eigenvalue weighted by molar-refractivity contribution is 0.0297. The summed E-state index contributed by atoms with van der Waals surface area (Å²) in [5, 5.41) is 4.86. The van der Waals surface area contributed by atoms with Gasteiger partial charge in [0.15, 0.2) is 5.69 Å². The zero-order valence-corrected chi connectivity index (χ0v) is 19.8. The fourth-order valence-electron chi connectivity index (χ4n) is 4.82. The topological polar surface area (TPSA) is 59.8 Å². The molecular formula is C25H36N4O3. The fraction of sp³-hybridized carbons (Fsp3) is 0.600. The average molecular weight is 441 g/mol. The quantitative estimate of drug-likeness (QED) is 0.662. The number of benzene rings is 1. The Balaban J connectivity index is 1.55. The zero-order valence-electron chi connectivity index (χ0n) is 19.8. The number of carbonyl (C=O) groups excluding carboxylic acids is 1. The van der Waals surface area contributed by atoms with Crippen LogP contribution in [0.4, 0.5) is 0 Å². The number of likely N-dealkylation sites (N-methyl/N-ethyl adjacent to an activating group) is 1. The number of methoxy groups -OCH3 is 1. The van der Waals surface area contributed by atoms with Gasteiger partial charge in [0.1, 0.15) is 5.75 Å². The van der Waals surface area contributed by atoms with Gasteiger partial charge in [0.05, 0.1) is 20.3 Å². The predicted octanol–water partition coefficient (Wildman–Crippen LogP) is 3.01. The van der Waals surface area contributed by atoms with E-state index in [2.05, 4.69) is 42.6 Å². The molecule has 7 nitrogen and oxygen atoms in total. The summed E-state index contributed by atoms with van der Waals surface area (Å²) in [4.78, 5) is 17.7. The lowest BCUT2D eigenvalue weighted by Crippen LogP contribution is -2.42. The second kappa shape index (κ2) is 10.0. The summed E-state index contributed by atoms with van der Waals surface area (Å²) in [5.74, 6) is 1.43. The summed E-state index contributed by atoms with van der Waals surface area (Å²) in [7, 11) is 3.88. The third kappa shape index (κ3) is 4.99. The molecule has 0 saturated carbocycles. The highest BCUT2D eigenvalue weighted by atomic mass is 16.5. The van der Waals surface area contributed by atoms with Crippen molar-refractivity contribution < 1.29 is 14.3 Å². The molecule has 32 heavy (non-hydrogen) atoms. The molecule has 174 valence electrons. The molecule has 1 atom stereocenters. The standard InChI is InChI=1S/C25H36N4O3/c1-18(2)16-29-23-9-8-20(27(3)17-19-6-5-7-21(14-19)31-4)15-22(23)24(26-29)25(30)28-10-12-32-13-11-28/h5-7,14,18,20H,8-13,15-17H2,1-4H3. The van der Waals surface area contributed by atoms with Gasteiger partial charge in [-0.2, -0.15) is 5.10 Å². The number of hydrogen-bond acceptors (Lipinski definition) is 5. The van der Waals surface area contributed by atoms with Crippen LogP contribution in [-0.2, 0) is 30.7 Å². The number of nitrogens with zero attached hydrogens (tertiary/aromatic N) is 4. The van der Waals surface area contributed by atoms with E-state index < -0.39 is 0 Å². The number of ether oxygens (including phenoxy) is 2. The molecule has 1 unspecified atom stereocenters. The number of fused-ring (bicyclic) bond motifs is 1. The van der Waals surface area contributed by atoms with E-state index in [4.69, 9.17) is 14.6 Å². The average Bonchev–Trinajstić information content (AvgIpc) is 3.16. The van der Waals surface area contributed by atoms with Crippen LogP contribution in [0.3, 0.4) is 0 Å². The molecule has 0 N–H and O–H groups in total. The Morgan fingerprint density at radius 1 is 1.31 bits per heavy atom. The van der Waals surface area contributed by atoms with Crippen molar-refractivity contribution in [3.63, 3.8) is 0 Å². The predicted molar refractivity (Wildman–Crippen MR) is 124 cm³/mol. The molecule has 0 spiro atoms. The first-order valence-corrected chi connectivity index (χ1v) is 11.7. The SMILES string of the molecule is COc1cccc(CN(C)C2CCc3c(c(C(=O)N4CCOCC4)nn3CC(C)C)C2)c1. The van der Waals surface area contributed by atoms with Crippen molar-refractivity contribution in [1.82, 2.24) is 19.6 Å². The molecule has 2 aromatic rings. The highest BCUT2D eigenvalue weighted by Gasteiger charge is 2.33. The molecule has 1 fully saturated rings. The summed E-state index contributed by atoms with van der Waals surface area (Å²) < 4.78 is 12.9. The van der Waals surface area contributed by atoms with Crippen molar-refractivity contribution in [1.29, 1.82) is 0 Å². The maximum absolute atomic E-state index is 13.4. The third-order valence-corrected chi connectivity index (χ3v) is 6.55. The molecule has 1 saturated heterocycles. The third-order valence-electron chi connectivity index (χ3n) is 6.55. The summed E-state index contributed by atoms with van der Waals surface area (Å²) in [6.45, 7) is 8.59. The maximum Gasteiger partial charge on any atom is 0.274 e. The number of morpholine rings is 1. The van der Waals surface area contributed by atoms with Gasteiger partial charge in [-0.25, -0.2) is 0 Å². The number of aromatic nitrogens is 2. The van der Waals surface area contributed by atoms with Crippen LogP contribution in [0.1, 0.15) is 47.6 Å². The van der Waals surface area contributed by atoms with E-state index in [1.165, 1.54) is 11.3 Å². The minimum atomic E-state index is 0.0585. The molecule has 2 aliphatic rings. The lowest BCUT2D eigenvalue weighted by atomic mass is 9.90. The highest BCUT2D eigenvalue weighted by molar-refractivity contribution is 5.94. The van der Waals surface area contributed by atoms with Crippen molar-refractivity contribution in [2.24, 2.45) is 5.92 Å². The van der Waals surface area contributed by atoms with Gasteiger partial charge in [-0.05, 0) is 49.9 Å². The van der Waals surface area contributed by atoms with Gasteiger partial charge in [-0.15, -0.1) is 0 Å². The van der Waals surface area contributed by atoms with Crippen LogP contribution in [0.15, 0.2) is 24.3 Å². The molecule has 0 radical (unpaired) electrons. The van der Waals surface area contributed by atoms with Gasteiger partial charge >= 0.3 is 0 Å². The monoisotopic (exact) mass is 440 g/mol. The Labute approximate surface area is 191 Å². The van der Waals surface area contributed by atoms with Crippen molar-refractivity contribution in [3.05, 3.63) is 46.8 Å². The first-order valence-electron chi connectivity index (χ1n) is 11.7. The van der Waals surface area contributed by atoms with Gasteiger partial charge in [0, 0.05) is 43.5 Å². The molecule has 1 amide bonds. The van der Waals surface area contributed by atoms with E-state index in [0.29, 0.717) is 44.0 Å². The molecule has 1 aromatic heterocycles. The normalized spacial score (nSPS) is 18.8. The van der Waals surface area contributed by atoms with E-state index in [0.717, 1.165) is 43.7 Å². The number of rotatable bonds is 7. The van der Waals surface area contributed by atoms with E-state index in [-0.39, 0.29) is 5.91 Å². The van der Waals surface area contributed by atoms with Crippen LogP contribution in [0.5, 0.6) is 5.75 Å². The number of hydrogen-bond donors (Lipinski definition) is 0. The van der Waals surface area contributed by atoms with Crippen LogP contribution in [0.2, 0.25) is 0 Å². The second-order valence-electron chi connectivity index (χ2n) is 9.42.